The Hall–Kier alpha value is -1.49. The number of sulfonamides is 1. The number of carbonyl (C=O) groups excluding carboxylic acids is 2. The van der Waals surface area contributed by atoms with Crippen molar-refractivity contribution in [1.29, 1.82) is 0 Å². The molecule has 0 bridgehead atoms. The van der Waals surface area contributed by atoms with Crippen LogP contribution in [0.1, 0.15) is 4.88 Å². The minimum Gasteiger partial charge on any atom is -0.369 e. The minimum absolute atomic E-state index is 0.0181. The van der Waals surface area contributed by atoms with Gasteiger partial charge in [0.2, 0.25) is 11.8 Å². The van der Waals surface area contributed by atoms with E-state index in [1.807, 2.05) is 0 Å². The largest absolute Gasteiger partial charge is 0.369 e. The second-order valence-electron chi connectivity index (χ2n) is 3.63. The minimum atomic E-state index is -3.99. The van der Waals surface area contributed by atoms with Crippen LogP contribution >= 0.6 is 11.3 Å². The molecule has 1 rings (SSSR count). The normalized spacial score (nSPS) is 11.7. The first-order valence-electron chi connectivity index (χ1n) is 5.13. The van der Waals surface area contributed by atoms with Gasteiger partial charge in [-0.2, -0.15) is 4.31 Å². The van der Waals surface area contributed by atoms with E-state index < -0.39 is 34.9 Å². The molecule has 1 aromatic heterocycles. The Balaban J connectivity index is 3.10. The van der Waals surface area contributed by atoms with Gasteiger partial charge < -0.3 is 17.2 Å². The molecule has 10 heteroatoms. The Kier molecular flexibility index (Phi) is 5.00. The third-order valence-electron chi connectivity index (χ3n) is 2.10. The Morgan fingerprint density at radius 3 is 2.05 bits per heavy atom. The molecular formula is C9H14N4O4S2. The van der Waals surface area contributed by atoms with Crippen LogP contribution in [0.2, 0.25) is 0 Å². The first kappa shape index (κ1) is 15.6. The fraction of sp³-hybridized carbons (Fsp3) is 0.333. The number of primary amides is 2. The number of amides is 2. The van der Waals surface area contributed by atoms with E-state index in [0.29, 0.717) is 9.18 Å². The Morgan fingerprint density at radius 2 is 1.68 bits per heavy atom. The molecule has 0 atom stereocenters. The summed E-state index contributed by atoms with van der Waals surface area (Å²) in [6.45, 7) is -1.02. The number of carbonyl (C=O) groups is 2. The second-order valence-corrected chi connectivity index (χ2v) is 6.96. The topological polar surface area (TPSA) is 150 Å². The third-order valence-corrected chi connectivity index (χ3v) is 5.46. The van der Waals surface area contributed by atoms with Gasteiger partial charge in [-0.1, -0.05) is 0 Å². The van der Waals surface area contributed by atoms with Gasteiger partial charge in [-0.05, 0) is 12.1 Å². The molecule has 1 aromatic rings. The van der Waals surface area contributed by atoms with E-state index >= 15 is 0 Å². The van der Waals surface area contributed by atoms with Crippen LogP contribution in [0.15, 0.2) is 16.3 Å². The lowest BCUT2D eigenvalue weighted by Crippen LogP contribution is -2.42. The summed E-state index contributed by atoms with van der Waals surface area (Å²) >= 11 is 0.963. The van der Waals surface area contributed by atoms with Gasteiger partial charge in [0, 0.05) is 11.4 Å². The zero-order chi connectivity index (χ0) is 14.6. The predicted octanol–water partition coefficient (Wildman–Crippen LogP) is -1.83. The van der Waals surface area contributed by atoms with E-state index in [9.17, 15) is 18.0 Å². The first-order chi connectivity index (χ1) is 8.77. The third kappa shape index (κ3) is 3.99. The molecule has 0 radical (unpaired) electrons. The highest BCUT2D eigenvalue weighted by atomic mass is 32.2. The molecule has 0 aliphatic carbocycles. The average Bonchev–Trinajstić information content (AvgIpc) is 2.75. The molecule has 8 nitrogen and oxygen atoms in total. The van der Waals surface area contributed by atoms with Crippen LogP contribution in [0.4, 0.5) is 0 Å². The Morgan fingerprint density at radius 1 is 1.16 bits per heavy atom. The van der Waals surface area contributed by atoms with Crippen LogP contribution in [0.5, 0.6) is 0 Å². The molecule has 0 aliphatic rings. The molecule has 0 spiro atoms. The number of hydrogen-bond donors (Lipinski definition) is 3. The van der Waals surface area contributed by atoms with Gasteiger partial charge in [0.25, 0.3) is 10.0 Å². The molecule has 6 N–H and O–H groups in total. The van der Waals surface area contributed by atoms with Gasteiger partial charge in [-0.25, -0.2) is 8.42 Å². The SMILES string of the molecule is NCc1ccc(S(=O)(=O)N(CC(N)=O)CC(N)=O)s1. The van der Waals surface area contributed by atoms with Crippen molar-refractivity contribution < 1.29 is 18.0 Å². The van der Waals surface area contributed by atoms with Crippen molar-refractivity contribution >= 4 is 33.2 Å². The molecule has 0 saturated heterocycles. The highest BCUT2D eigenvalue weighted by Gasteiger charge is 2.28. The summed E-state index contributed by atoms with van der Waals surface area (Å²) in [7, 11) is -3.99. The summed E-state index contributed by atoms with van der Waals surface area (Å²) in [5, 5.41) is 0. The van der Waals surface area contributed by atoms with E-state index in [1.165, 1.54) is 6.07 Å². The van der Waals surface area contributed by atoms with Gasteiger partial charge in [0.15, 0.2) is 0 Å². The van der Waals surface area contributed by atoms with Crippen LogP contribution in [0, 0.1) is 0 Å². The van der Waals surface area contributed by atoms with Crippen molar-refractivity contribution in [3.63, 3.8) is 0 Å². The van der Waals surface area contributed by atoms with Crippen LogP contribution in [0.25, 0.3) is 0 Å². The van der Waals surface area contributed by atoms with Crippen molar-refractivity contribution in [1.82, 2.24) is 4.31 Å². The maximum atomic E-state index is 12.2. The fourth-order valence-electron chi connectivity index (χ4n) is 1.31. The highest BCUT2D eigenvalue weighted by Crippen LogP contribution is 2.24. The van der Waals surface area contributed by atoms with Crippen molar-refractivity contribution in [3.8, 4) is 0 Å². The highest BCUT2D eigenvalue weighted by molar-refractivity contribution is 7.91. The fourth-order valence-corrected chi connectivity index (χ4v) is 4.07. The lowest BCUT2D eigenvalue weighted by Gasteiger charge is -2.17. The lowest BCUT2D eigenvalue weighted by molar-refractivity contribution is -0.120. The van der Waals surface area contributed by atoms with Gasteiger partial charge in [0.05, 0.1) is 13.1 Å². The standard InChI is InChI=1S/C9H14N4O4S2/c10-3-6-1-2-9(18-6)19(16,17)13(4-7(11)14)5-8(12)15/h1-2H,3-5,10H2,(H2,11,14)(H2,12,15). The summed E-state index contributed by atoms with van der Waals surface area (Å²) in [4.78, 5) is 22.4. The van der Waals surface area contributed by atoms with E-state index in [0.717, 1.165) is 11.3 Å². The summed E-state index contributed by atoms with van der Waals surface area (Å²) < 4.78 is 25.0. The van der Waals surface area contributed by atoms with Crippen LogP contribution < -0.4 is 17.2 Å². The maximum absolute atomic E-state index is 12.2. The molecule has 1 heterocycles. The molecule has 0 fully saturated rings. The molecule has 0 aromatic carbocycles. The molecule has 106 valence electrons. The molecule has 0 saturated carbocycles. The monoisotopic (exact) mass is 306 g/mol. The van der Waals surface area contributed by atoms with Crippen molar-refractivity contribution in [2.75, 3.05) is 13.1 Å². The van der Waals surface area contributed by atoms with Gasteiger partial charge in [-0.3, -0.25) is 9.59 Å². The number of thiophene rings is 1. The Bertz CT molecular complexity index is 565. The average molecular weight is 306 g/mol. The number of nitrogens with zero attached hydrogens (tertiary/aromatic N) is 1. The molecule has 2 amide bonds. The summed E-state index contributed by atoms with van der Waals surface area (Å²) in [6, 6.07) is 2.92. The van der Waals surface area contributed by atoms with Crippen LogP contribution in [0.3, 0.4) is 0 Å². The van der Waals surface area contributed by atoms with Crippen molar-refractivity contribution in [2.24, 2.45) is 17.2 Å². The Labute approximate surface area is 114 Å². The van der Waals surface area contributed by atoms with Crippen LogP contribution in [-0.2, 0) is 26.2 Å². The smallest absolute Gasteiger partial charge is 0.253 e. The van der Waals surface area contributed by atoms with E-state index in [2.05, 4.69) is 0 Å². The molecule has 19 heavy (non-hydrogen) atoms. The van der Waals surface area contributed by atoms with E-state index in [4.69, 9.17) is 17.2 Å². The number of nitrogens with two attached hydrogens (primary N) is 3. The lowest BCUT2D eigenvalue weighted by atomic mass is 10.5. The quantitative estimate of drug-likeness (QED) is 0.541. The summed E-state index contributed by atoms with van der Waals surface area (Å²) in [6.07, 6.45) is 0. The van der Waals surface area contributed by atoms with Gasteiger partial charge in [-0.15, -0.1) is 11.3 Å². The summed E-state index contributed by atoms with van der Waals surface area (Å²) in [5.74, 6) is -1.75. The zero-order valence-corrected chi connectivity index (χ0v) is 11.5. The number of hydrogen-bond acceptors (Lipinski definition) is 6. The van der Waals surface area contributed by atoms with Crippen molar-refractivity contribution in [3.05, 3.63) is 17.0 Å². The van der Waals surface area contributed by atoms with E-state index in [-0.39, 0.29) is 10.8 Å². The summed E-state index contributed by atoms with van der Waals surface area (Å²) in [5.41, 5.74) is 15.3. The molecular weight excluding hydrogens is 292 g/mol. The first-order valence-corrected chi connectivity index (χ1v) is 7.38. The maximum Gasteiger partial charge on any atom is 0.253 e. The zero-order valence-electron chi connectivity index (χ0n) is 9.90. The second kappa shape index (κ2) is 6.10. The molecule has 0 unspecified atom stereocenters. The molecule has 0 aliphatic heterocycles. The van der Waals surface area contributed by atoms with E-state index in [1.54, 1.807) is 6.07 Å². The van der Waals surface area contributed by atoms with Crippen LogP contribution in [-0.4, -0.2) is 37.6 Å². The van der Waals surface area contributed by atoms with Gasteiger partial charge in [0.1, 0.15) is 4.21 Å². The van der Waals surface area contributed by atoms with Gasteiger partial charge >= 0.3 is 0 Å². The van der Waals surface area contributed by atoms with Crippen molar-refractivity contribution in [2.45, 2.75) is 10.8 Å². The predicted molar refractivity (Wildman–Crippen MR) is 69.4 cm³/mol. The number of rotatable bonds is 7.